The minimum atomic E-state index is -0.496. The van der Waals surface area contributed by atoms with Crippen LogP contribution in [0.5, 0.6) is 0 Å². The Hall–Kier alpha value is -1.69. The molecule has 0 unspecified atom stereocenters. The zero-order valence-corrected chi connectivity index (χ0v) is 13.6. The van der Waals surface area contributed by atoms with E-state index in [4.69, 9.17) is 23.2 Å². The number of carbonyl (C=O) groups excluding carboxylic acids is 1. The molecule has 112 valence electrons. The number of amides is 1. The van der Waals surface area contributed by atoms with Gasteiger partial charge in [0.1, 0.15) is 5.82 Å². The zero-order valence-electron chi connectivity index (χ0n) is 11.3. The maximum atomic E-state index is 13.0. The summed E-state index contributed by atoms with van der Waals surface area (Å²) in [6, 6.07) is 7.27. The van der Waals surface area contributed by atoms with Crippen LogP contribution in [0.1, 0.15) is 15.9 Å². The molecular formula is C15H9Cl2FN2OS. The Bertz CT molecular complexity index is 856. The molecule has 7 heteroatoms. The van der Waals surface area contributed by atoms with Crippen LogP contribution in [0.25, 0.3) is 10.2 Å². The Morgan fingerprint density at radius 2 is 2.00 bits per heavy atom. The second kappa shape index (κ2) is 5.83. The number of halogens is 3. The summed E-state index contributed by atoms with van der Waals surface area (Å²) in [5.74, 6) is -0.943. The van der Waals surface area contributed by atoms with Crippen molar-refractivity contribution < 1.29 is 9.18 Å². The predicted molar refractivity (Wildman–Crippen MR) is 88.7 cm³/mol. The van der Waals surface area contributed by atoms with Gasteiger partial charge in [0.25, 0.3) is 5.91 Å². The third-order valence-corrected chi connectivity index (χ3v) is 4.84. The lowest BCUT2D eigenvalue weighted by atomic mass is 10.2. The van der Waals surface area contributed by atoms with E-state index in [0.717, 1.165) is 21.8 Å². The number of thiazole rings is 1. The molecular weight excluding hydrogens is 346 g/mol. The summed E-state index contributed by atoms with van der Waals surface area (Å²) >= 11 is 13.3. The van der Waals surface area contributed by atoms with Crippen molar-refractivity contribution in [3.8, 4) is 0 Å². The van der Waals surface area contributed by atoms with Crippen LogP contribution in [0.15, 0.2) is 30.3 Å². The molecule has 3 nitrogen and oxygen atoms in total. The fourth-order valence-electron chi connectivity index (χ4n) is 1.99. The standard InChI is InChI=1S/C15H9Cl2FN2OS/c1-7-2-5-10(16)13-12(7)19-15(22-13)20-14(21)9-4-3-8(18)6-11(9)17/h2-6H,1H3,(H,19,20,21). The van der Waals surface area contributed by atoms with Crippen LogP contribution in [-0.4, -0.2) is 10.9 Å². The van der Waals surface area contributed by atoms with E-state index < -0.39 is 11.7 Å². The lowest BCUT2D eigenvalue weighted by Crippen LogP contribution is -2.12. The van der Waals surface area contributed by atoms with Gasteiger partial charge < -0.3 is 0 Å². The van der Waals surface area contributed by atoms with Crippen LogP contribution in [0, 0.1) is 12.7 Å². The molecule has 22 heavy (non-hydrogen) atoms. The third-order valence-electron chi connectivity index (χ3n) is 3.09. The number of carbonyl (C=O) groups is 1. The molecule has 2 aromatic carbocycles. The number of nitrogens with zero attached hydrogens (tertiary/aromatic N) is 1. The molecule has 0 atom stereocenters. The normalized spacial score (nSPS) is 10.9. The molecule has 0 aliphatic rings. The Kier molecular flexibility index (Phi) is 4.04. The second-order valence-electron chi connectivity index (χ2n) is 4.64. The van der Waals surface area contributed by atoms with E-state index in [1.165, 1.54) is 23.5 Å². The maximum Gasteiger partial charge on any atom is 0.258 e. The number of aromatic nitrogens is 1. The van der Waals surface area contributed by atoms with Gasteiger partial charge in [-0.15, -0.1) is 0 Å². The average Bonchev–Trinajstić information content (AvgIpc) is 2.88. The summed E-state index contributed by atoms with van der Waals surface area (Å²) in [4.78, 5) is 16.6. The molecule has 1 amide bonds. The number of anilines is 1. The Balaban J connectivity index is 1.94. The first-order chi connectivity index (χ1) is 10.5. The molecule has 1 heterocycles. The number of hydrogen-bond donors (Lipinski definition) is 1. The monoisotopic (exact) mass is 354 g/mol. The lowest BCUT2D eigenvalue weighted by molar-refractivity contribution is 0.102. The maximum absolute atomic E-state index is 13.0. The van der Waals surface area contributed by atoms with Crippen LogP contribution in [0.2, 0.25) is 10.0 Å². The summed E-state index contributed by atoms with van der Waals surface area (Å²) < 4.78 is 13.8. The third kappa shape index (κ3) is 2.79. The predicted octanol–water partition coefficient (Wildman–Crippen LogP) is 5.30. The Morgan fingerprint density at radius 1 is 1.23 bits per heavy atom. The first-order valence-corrected chi connectivity index (χ1v) is 7.85. The quantitative estimate of drug-likeness (QED) is 0.678. The molecule has 3 rings (SSSR count). The van der Waals surface area contributed by atoms with E-state index in [2.05, 4.69) is 10.3 Å². The van der Waals surface area contributed by atoms with E-state index in [0.29, 0.717) is 10.2 Å². The van der Waals surface area contributed by atoms with Crippen LogP contribution in [0.4, 0.5) is 9.52 Å². The van der Waals surface area contributed by atoms with E-state index in [1.807, 2.05) is 13.0 Å². The van der Waals surface area contributed by atoms with Gasteiger partial charge in [0, 0.05) is 0 Å². The molecule has 0 saturated heterocycles. The van der Waals surface area contributed by atoms with Crippen LogP contribution in [0.3, 0.4) is 0 Å². The fourth-order valence-corrected chi connectivity index (χ4v) is 3.46. The van der Waals surface area contributed by atoms with E-state index in [1.54, 1.807) is 6.07 Å². The molecule has 0 fully saturated rings. The summed E-state index contributed by atoms with van der Waals surface area (Å²) in [6.45, 7) is 1.92. The second-order valence-corrected chi connectivity index (χ2v) is 6.45. The topological polar surface area (TPSA) is 42.0 Å². The van der Waals surface area contributed by atoms with Gasteiger partial charge >= 0.3 is 0 Å². The first kappa shape index (κ1) is 15.2. The number of rotatable bonds is 2. The number of aryl methyl sites for hydroxylation is 1. The van der Waals surface area contributed by atoms with Crippen molar-refractivity contribution in [2.75, 3.05) is 5.32 Å². The van der Waals surface area contributed by atoms with Gasteiger partial charge in [0.2, 0.25) is 0 Å². The molecule has 0 aliphatic heterocycles. The van der Waals surface area contributed by atoms with E-state index in [9.17, 15) is 9.18 Å². The van der Waals surface area contributed by atoms with Crippen LogP contribution >= 0.6 is 34.5 Å². The van der Waals surface area contributed by atoms with Crippen LogP contribution < -0.4 is 5.32 Å². The summed E-state index contributed by atoms with van der Waals surface area (Å²) in [7, 11) is 0. The average molecular weight is 355 g/mol. The molecule has 0 saturated carbocycles. The molecule has 1 aromatic heterocycles. The number of benzene rings is 2. The molecule has 1 N–H and O–H groups in total. The van der Waals surface area contributed by atoms with Crippen molar-refractivity contribution >= 4 is 55.8 Å². The van der Waals surface area contributed by atoms with Crippen molar-refractivity contribution in [3.63, 3.8) is 0 Å². The van der Waals surface area contributed by atoms with Crippen LogP contribution in [-0.2, 0) is 0 Å². The van der Waals surface area contributed by atoms with Gasteiger partial charge in [-0.05, 0) is 36.8 Å². The van der Waals surface area contributed by atoms with Gasteiger partial charge in [-0.1, -0.05) is 40.6 Å². The van der Waals surface area contributed by atoms with Gasteiger partial charge in [0.05, 0.1) is 25.8 Å². The Morgan fingerprint density at radius 3 is 2.68 bits per heavy atom. The lowest BCUT2D eigenvalue weighted by Gasteiger charge is -2.03. The summed E-state index contributed by atoms with van der Waals surface area (Å²) in [6.07, 6.45) is 0. The van der Waals surface area contributed by atoms with E-state index >= 15 is 0 Å². The molecule has 0 spiro atoms. The Labute approximate surface area is 139 Å². The van der Waals surface area contributed by atoms with Gasteiger partial charge in [0.15, 0.2) is 5.13 Å². The van der Waals surface area contributed by atoms with Crippen molar-refractivity contribution in [2.45, 2.75) is 6.92 Å². The first-order valence-electron chi connectivity index (χ1n) is 6.28. The minimum Gasteiger partial charge on any atom is -0.298 e. The van der Waals surface area contributed by atoms with Crippen molar-refractivity contribution in [3.05, 3.63) is 57.3 Å². The fraction of sp³-hybridized carbons (Fsp3) is 0.0667. The molecule has 0 aliphatic carbocycles. The van der Waals surface area contributed by atoms with Crippen molar-refractivity contribution in [1.29, 1.82) is 0 Å². The molecule has 0 radical (unpaired) electrons. The van der Waals surface area contributed by atoms with E-state index in [-0.39, 0.29) is 10.6 Å². The highest BCUT2D eigenvalue weighted by Gasteiger charge is 2.15. The number of nitrogens with one attached hydrogen (secondary N) is 1. The highest BCUT2D eigenvalue weighted by atomic mass is 35.5. The van der Waals surface area contributed by atoms with Crippen molar-refractivity contribution in [2.24, 2.45) is 0 Å². The van der Waals surface area contributed by atoms with Gasteiger partial charge in [-0.25, -0.2) is 9.37 Å². The van der Waals surface area contributed by atoms with Gasteiger partial charge in [-0.2, -0.15) is 0 Å². The smallest absolute Gasteiger partial charge is 0.258 e. The SMILES string of the molecule is Cc1ccc(Cl)c2sc(NC(=O)c3ccc(F)cc3Cl)nc12. The minimum absolute atomic E-state index is 0.0489. The highest BCUT2D eigenvalue weighted by molar-refractivity contribution is 7.23. The highest BCUT2D eigenvalue weighted by Crippen LogP contribution is 2.34. The number of hydrogen-bond acceptors (Lipinski definition) is 3. The molecule has 0 bridgehead atoms. The molecule has 3 aromatic rings. The van der Waals surface area contributed by atoms with Gasteiger partial charge in [-0.3, -0.25) is 10.1 Å². The summed E-state index contributed by atoms with van der Waals surface area (Å²) in [5.41, 5.74) is 1.90. The number of fused-ring (bicyclic) bond motifs is 1. The largest absolute Gasteiger partial charge is 0.298 e. The van der Waals surface area contributed by atoms with Crippen molar-refractivity contribution in [1.82, 2.24) is 4.98 Å². The summed E-state index contributed by atoms with van der Waals surface area (Å²) in [5, 5.41) is 3.71. The zero-order chi connectivity index (χ0) is 15.9.